The van der Waals surface area contributed by atoms with Crippen LogP contribution in [0, 0.1) is 5.92 Å². The van der Waals surface area contributed by atoms with Crippen LogP contribution in [0.3, 0.4) is 0 Å². The second kappa shape index (κ2) is 4.12. The molecule has 1 nitrogen and oxygen atoms in total. The van der Waals surface area contributed by atoms with E-state index in [1.165, 1.54) is 12.0 Å². The number of carbonyl (C=O) groups is 1. The number of rotatable bonds is 4. The van der Waals surface area contributed by atoms with Gasteiger partial charge in [-0.25, -0.2) is 0 Å². The first-order chi connectivity index (χ1) is 5.38. The number of hydrogen-bond acceptors (Lipinski definition) is 1. The van der Waals surface area contributed by atoms with Crippen molar-refractivity contribution >= 4 is 6.29 Å². The Labute approximate surface area is 67.8 Å². The van der Waals surface area contributed by atoms with Gasteiger partial charge in [0.05, 0.1) is 0 Å². The molecule has 0 aromatic heterocycles. The largest absolute Gasteiger partial charge is 0.303 e. The van der Waals surface area contributed by atoms with Crippen LogP contribution in [0.25, 0.3) is 0 Å². The molecular formula is C10H14O. The van der Waals surface area contributed by atoms with Crippen molar-refractivity contribution in [1.29, 1.82) is 0 Å². The fraction of sp³-hybridized carbons (Fsp3) is 0.500. The minimum atomic E-state index is 0.551. The van der Waals surface area contributed by atoms with Gasteiger partial charge in [-0.15, -0.1) is 6.58 Å². The van der Waals surface area contributed by atoms with Crippen molar-refractivity contribution in [1.82, 2.24) is 0 Å². The van der Waals surface area contributed by atoms with Gasteiger partial charge >= 0.3 is 0 Å². The number of carbonyl (C=O) groups excluding carboxylic acids is 1. The zero-order valence-electron chi connectivity index (χ0n) is 6.75. The molecule has 0 aromatic rings. The lowest BCUT2D eigenvalue weighted by Crippen LogP contribution is -1.94. The zero-order valence-corrected chi connectivity index (χ0v) is 6.75. The zero-order chi connectivity index (χ0) is 8.10. The highest BCUT2D eigenvalue weighted by molar-refractivity contribution is 5.50. The van der Waals surface area contributed by atoms with Crippen LogP contribution < -0.4 is 0 Å². The maximum absolute atomic E-state index is 10.1. The molecule has 0 bridgehead atoms. The summed E-state index contributed by atoms with van der Waals surface area (Å²) in [5.41, 5.74) is 1.41. The first kappa shape index (κ1) is 8.25. The molecule has 0 heterocycles. The van der Waals surface area contributed by atoms with E-state index in [4.69, 9.17) is 0 Å². The van der Waals surface area contributed by atoms with E-state index >= 15 is 0 Å². The third-order valence-electron chi connectivity index (χ3n) is 2.20. The van der Waals surface area contributed by atoms with Gasteiger partial charge in [0.2, 0.25) is 0 Å². The first-order valence-corrected chi connectivity index (χ1v) is 4.13. The lowest BCUT2D eigenvalue weighted by atomic mass is 9.98. The van der Waals surface area contributed by atoms with E-state index in [0.29, 0.717) is 12.3 Å². The van der Waals surface area contributed by atoms with Crippen LogP contribution in [0.4, 0.5) is 0 Å². The maximum Gasteiger partial charge on any atom is 0.120 e. The molecular weight excluding hydrogens is 136 g/mol. The number of hydrogen-bond donors (Lipinski definition) is 0. The molecule has 0 fully saturated rings. The third-order valence-corrected chi connectivity index (χ3v) is 2.20. The summed E-state index contributed by atoms with van der Waals surface area (Å²) in [4.78, 5) is 10.1. The van der Waals surface area contributed by atoms with Crippen LogP contribution in [0.1, 0.15) is 25.7 Å². The van der Waals surface area contributed by atoms with Crippen LogP contribution in [-0.4, -0.2) is 6.29 Å². The fourth-order valence-electron chi connectivity index (χ4n) is 1.57. The van der Waals surface area contributed by atoms with Gasteiger partial charge in [-0.05, 0) is 25.2 Å². The quantitative estimate of drug-likeness (QED) is 0.444. The van der Waals surface area contributed by atoms with Gasteiger partial charge in [0.1, 0.15) is 6.29 Å². The van der Waals surface area contributed by atoms with Gasteiger partial charge in [0, 0.05) is 6.42 Å². The SMILES string of the molecule is C=CC1CCC=C1CCC=O. The molecule has 1 aliphatic rings. The standard InChI is InChI=1S/C10H14O/c1-2-9-5-3-6-10(9)7-4-8-11/h2,6,8-9H,1,3-5,7H2. The van der Waals surface area contributed by atoms with Crippen molar-refractivity contribution in [2.24, 2.45) is 5.92 Å². The summed E-state index contributed by atoms with van der Waals surface area (Å²) in [5.74, 6) is 0.551. The van der Waals surface area contributed by atoms with Crippen LogP contribution in [0.5, 0.6) is 0 Å². The van der Waals surface area contributed by atoms with Crippen LogP contribution in [0.2, 0.25) is 0 Å². The van der Waals surface area contributed by atoms with Crippen molar-refractivity contribution < 1.29 is 4.79 Å². The van der Waals surface area contributed by atoms with Crippen molar-refractivity contribution in [3.05, 3.63) is 24.3 Å². The summed E-state index contributed by atoms with van der Waals surface area (Å²) in [6, 6.07) is 0. The van der Waals surface area contributed by atoms with Gasteiger partial charge in [0.15, 0.2) is 0 Å². The van der Waals surface area contributed by atoms with Crippen molar-refractivity contribution in [2.45, 2.75) is 25.7 Å². The molecule has 0 spiro atoms. The van der Waals surface area contributed by atoms with Crippen molar-refractivity contribution in [3.63, 3.8) is 0 Å². The third kappa shape index (κ3) is 2.04. The minimum absolute atomic E-state index is 0.551. The van der Waals surface area contributed by atoms with Crippen LogP contribution in [0.15, 0.2) is 24.3 Å². The monoisotopic (exact) mass is 150 g/mol. The Hall–Kier alpha value is -0.850. The Kier molecular flexibility index (Phi) is 3.09. The summed E-state index contributed by atoms with van der Waals surface area (Å²) in [6.45, 7) is 3.77. The molecule has 0 N–H and O–H groups in total. The number of allylic oxidation sites excluding steroid dienone is 3. The highest BCUT2D eigenvalue weighted by atomic mass is 16.1. The van der Waals surface area contributed by atoms with Crippen molar-refractivity contribution in [3.8, 4) is 0 Å². The van der Waals surface area contributed by atoms with E-state index in [9.17, 15) is 4.79 Å². The summed E-state index contributed by atoms with van der Waals surface area (Å²) >= 11 is 0. The Morgan fingerprint density at radius 2 is 2.55 bits per heavy atom. The molecule has 1 heteroatoms. The molecule has 0 aliphatic heterocycles. The van der Waals surface area contributed by atoms with E-state index in [1.807, 2.05) is 6.08 Å². The smallest absolute Gasteiger partial charge is 0.120 e. The summed E-state index contributed by atoms with van der Waals surface area (Å²) < 4.78 is 0. The Bertz CT molecular complexity index is 179. The number of aldehydes is 1. The van der Waals surface area contributed by atoms with Gasteiger partial charge < -0.3 is 4.79 Å². The maximum atomic E-state index is 10.1. The van der Waals surface area contributed by atoms with E-state index < -0.39 is 0 Å². The van der Waals surface area contributed by atoms with Crippen LogP contribution in [-0.2, 0) is 4.79 Å². The molecule has 1 aliphatic carbocycles. The van der Waals surface area contributed by atoms with E-state index in [-0.39, 0.29) is 0 Å². The average molecular weight is 150 g/mol. The molecule has 11 heavy (non-hydrogen) atoms. The predicted molar refractivity (Wildman–Crippen MR) is 46.3 cm³/mol. The van der Waals surface area contributed by atoms with Gasteiger partial charge in [-0.2, -0.15) is 0 Å². The molecule has 0 amide bonds. The highest BCUT2D eigenvalue weighted by Crippen LogP contribution is 2.29. The van der Waals surface area contributed by atoms with Gasteiger partial charge in [-0.1, -0.05) is 17.7 Å². The highest BCUT2D eigenvalue weighted by Gasteiger charge is 2.14. The summed E-state index contributed by atoms with van der Waals surface area (Å²) in [7, 11) is 0. The molecule has 1 atom stereocenters. The minimum Gasteiger partial charge on any atom is -0.303 e. The lowest BCUT2D eigenvalue weighted by Gasteiger charge is -2.07. The fourth-order valence-corrected chi connectivity index (χ4v) is 1.57. The van der Waals surface area contributed by atoms with E-state index in [2.05, 4.69) is 12.7 Å². The molecule has 1 unspecified atom stereocenters. The average Bonchev–Trinajstić information content (AvgIpc) is 2.47. The molecule has 0 radical (unpaired) electrons. The van der Waals surface area contributed by atoms with Crippen LogP contribution >= 0.6 is 0 Å². The predicted octanol–water partition coefficient (Wildman–Crippen LogP) is 2.49. The Morgan fingerprint density at radius 3 is 3.18 bits per heavy atom. The second-order valence-corrected chi connectivity index (χ2v) is 2.90. The molecule has 60 valence electrons. The topological polar surface area (TPSA) is 17.1 Å². The normalized spacial score (nSPS) is 22.9. The second-order valence-electron chi connectivity index (χ2n) is 2.90. The molecule has 1 rings (SSSR count). The summed E-state index contributed by atoms with van der Waals surface area (Å²) in [6.07, 6.45) is 9.16. The van der Waals surface area contributed by atoms with Crippen molar-refractivity contribution in [2.75, 3.05) is 0 Å². The summed E-state index contributed by atoms with van der Waals surface area (Å²) in [5, 5.41) is 0. The van der Waals surface area contributed by atoms with Gasteiger partial charge in [-0.3, -0.25) is 0 Å². The van der Waals surface area contributed by atoms with E-state index in [1.54, 1.807) is 0 Å². The molecule has 0 saturated heterocycles. The Morgan fingerprint density at radius 1 is 1.73 bits per heavy atom. The Balaban J connectivity index is 2.42. The van der Waals surface area contributed by atoms with E-state index in [0.717, 1.165) is 19.1 Å². The molecule has 0 saturated carbocycles. The lowest BCUT2D eigenvalue weighted by molar-refractivity contribution is -0.107. The van der Waals surface area contributed by atoms with Gasteiger partial charge in [0.25, 0.3) is 0 Å². The first-order valence-electron chi connectivity index (χ1n) is 4.13. The molecule has 0 aromatic carbocycles.